The molecule has 3 rings (SSSR count). The Morgan fingerprint density at radius 1 is 1.40 bits per heavy atom. The highest BCUT2D eigenvalue weighted by Crippen LogP contribution is 2.20. The Kier molecular flexibility index (Phi) is 5.73. The molecule has 0 bridgehead atoms. The summed E-state index contributed by atoms with van der Waals surface area (Å²) in [5.41, 5.74) is 0.993. The molecule has 2 amide bonds. The molecule has 2 aliphatic heterocycles. The SMILES string of the molecule is CC(C)c1cc(CN2CCC(CNC(=O)C3CCC(=O)N3)CC2)no1. The molecule has 138 valence electrons. The predicted octanol–water partition coefficient (Wildman–Crippen LogP) is 1.40. The van der Waals surface area contributed by atoms with Crippen molar-refractivity contribution >= 4 is 11.8 Å². The third-order valence-electron chi connectivity index (χ3n) is 5.12. The van der Waals surface area contributed by atoms with Gasteiger partial charge in [-0.15, -0.1) is 0 Å². The first-order valence-electron chi connectivity index (χ1n) is 9.26. The molecular weight excluding hydrogens is 320 g/mol. The Balaban J connectivity index is 1.36. The number of piperidine rings is 1. The first kappa shape index (κ1) is 17.9. The van der Waals surface area contributed by atoms with Gasteiger partial charge in [-0.3, -0.25) is 14.5 Å². The molecule has 2 saturated heterocycles. The molecule has 2 fully saturated rings. The molecule has 2 aliphatic rings. The summed E-state index contributed by atoms with van der Waals surface area (Å²) in [6, 6.07) is 1.71. The zero-order valence-corrected chi connectivity index (χ0v) is 15.1. The molecule has 0 aliphatic carbocycles. The van der Waals surface area contributed by atoms with Gasteiger partial charge in [-0.05, 0) is 38.3 Å². The van der Waals surface area contributed by atoms with Gasteiger partial charge in [0.05, 0.1) is 5.69 Å². The minimum absolute atomic E-state index is 0.0260. The van der Waals surface area contributed by atoms with Crippen LogP contribution in [0.3, 0.4) is 0 Å². The molecule has 0 spiro atoms. The van der Waals surface area contributed by atoms with E-state index >= 15 is 0 Å². The van der Waals surface area contributed by atoms with E-state index in [0.717, 1.165) is 43.9 Å². The van der Waals surface area contributed by atoms with Gasteiger partial charge in [-0.25, -0.2) is 0 Å². The summed E-state index contributed by atoms with van der Waals surface area (Å²) in [6.07, 6.45) is 3.19. The third-order valence-corrected chi connectivity index (χ3v) is 5.12. The van der Waals surface area contributed by atoms with Crippen LogP contribution in [0.2, 0.25) is 0 Å². The van der Waals surface area contributed by atoms with E-state index in [-0.39, 0.29) is 17.9 Å². The van der Waals surface area contributed by atoms with Crippen LogP contribution in [0.15, 0.2) is 10.6 Å². The van der Waals surface area contributed by atoms with Crippen molar-refractivity contribution in [2.75, 3.05) is 19.6 Å². The van der Waals surface area contributed by atoms with E-state index in [1.165, 1.54) is 0 Å². The summed E-state index contributed by atoms with van der Waals surface area (Å²) in [5, 5.41) is 9.86. The lowest BCUT2D eigenvalue weighted by Gasteiger charge is -2.31. The molecule has 1 aromatic rings. The van der Waals surface area contributed by atoms with E-state index in [1.54, 1.807) is 0 Å². The molecule has 2 N–H and O–H groups in total. The topological polar surface area (TPSA) is 87.5 Å². The second kappa shape index (κ2) is 7.99. The van der Waals surface area contributed by atoms with E-state index in [1.807, 2.05) is 6.07 Å². The molecule has 1 unspecified atom stereocenters. The summed E-state index contributed by atoms with van der Waals surface area (Å²) < 4.78 is 5.36. The fourth-order valence-electron chi connectivity index (χ4n) is 3.43. The molecule has 0 aromatic carbocycles. The van der Waals surface area contributed by atoms with Gasteiger partial charge in [0.2, 0.25) is 11.8 Å². The lowest BCUT2D eigenvalue weighted by Crippen LogP contribution is -2.44. The highest BCUT2D eigenvalue weighted by Gasteiger charge is 2.28. The van der Waals surface area contributed by atoms with Gasteiger partial charge in [0.25, 0.3) is 0 Å². The quantitative estimate of drug-likeness (QED) is 0.811. The number of rotatable bonds is 6. The van der Waals surface area contributed by atoms with Crippen molar-refractivity contribution < 1.29 is 14.1 Å². The largest absolute Gasteiger partial charge is 0.361 e. The monoisotopic (exact) mass is 348 g/mol. The number of hydrogen-bond acceptors (Lipinski definition) is 5. The van der Waals surface area contributed by atoms with Crippen LogP contribution in [-0.4, -0.2) is 47.5 Å². The molecule has 1 aromatic heterocycles. The summed E-state index contributed by atoms with van der Waals surface area (Å²) in [6.45, 7) is 7.72. The maximum atomic E-state index is 12.0. The molecule has 0 radical (unpaired) electrons. The van der Waals surface area contributed by atoms with E-state index in [4.69, 9.17) is 4.52 Å². The molecular formula is C18H28N4O3. The van der Waals surface area contributed by atoms with Crippen LogP contribution in [-0.2, 0) is 16.1 Å². The van der Waals surface area contributed by atoms with E-state index < -0.39 is 0 Å². The Bertz CT molecular complexity index is 605. The van der Waals surface area contributed by atoms with Crippen LogP contribution in [0.5, 0.6) is 0 Å². The van der Waals surface area contributed by atoms with Gasteiger partial charge in [0.15, 0.2) is 0 Å². The van der Waals surface area contributed by atoms with Crippen molar-refractivity contribution in [2.24, 2.45) is 5.92 Å². The molecule has 1 atom stereocenters. The summed E-state index contributed by atoms with van der Waals surface area (Å²) in [4.78, 5) is 25.6. The number of carbonyl (C=O) groups is 2. The van der Waals surface area contributed by atoms with Gasteiger partial charge in [-0.1, -0.05) is 19.0 Å². The van der Waals surface area contributed by atoms with Crippen molar-refractivity contribution in [2.45, 2.75) is 58.0 Å². The van der Waals surface area contributed by atoms with Gasteiger partial charge in [0.1, 0.15) is 11.8 Å². The highest BCUT2D eigenvalue weighted by molar-refractivity contribution is 5.90. The maximum Gasteiger partial charge on any atom is 0.242 e. The van der Waals surface area contributed by atoms with Crippen molar-refractivity contribution in [3.05, 3.63) is 17.5 Å². The van der Waals surface area contributed by atoms with Crippen molar-refractivity contribution in [3.63, 3.8) is 0 Å². The number of nitrogens with zero attached hydrogens (tertiary/aromatic N) is 2. The zero-order chi connectivity index (χ0) is 17.8. The average molecular weight is 348 g/mol. The third kappa shape index (κ3) is 4.81. The van der Waals surface area contributed by atoms with Crippen LogP contribution < -0.4 is 10.6 Å². The van der Waals surface area contributed by atoms with Crippen molar-refractivity contribution in [1.29, 1.82) is 0 Å². The van der Waals surface area contributed by atoms with Crippen molar-refractivity contribution in [3.8, 4) is 0 Å². The van der Waals surface area contributed by atoms with Crippen molar-refractivity contribution in [1.82, 2.24) is 20.7 Å². The smallest absolute Gasteiger partial charge is 0.242 e. The minimum atomic E-state index is -0.338. The van der Waals surface area contributed by atoms with Crippen LogP contribution in [0, 0.1) is 5.92 Å². The average Bonchev–Trinajstić information content (AvgIpc) is 3.23. The number of aromatic nitrogens is 1. The fraction of sp³-hybridized carbons (Fsp3) is 0.722. The van der Waals surface area contributed by atoms with Crippen LogP contribution in [0.4, 0.5) is 0 Å². The van der Waals surface area contributed by atoms with Gasteiger partial charge in [0, 0.05) is 31.5 Å². The Hall–Kier alpha value is -1.89. The Morgan fingerprint density at radius 3 is 2.76 bits per heavy atom. The summed E-state index contributed by atoms with van der Waals surface area (Å²) in [7, 11) is 0. The fourth-order valence-corrected chi connectivity index (χ4v) is 3.43. The second-order valence-electron chi connectivity index (χ2n) is 7.50. The lowest BCUT2D eigenvalue weighted by atomic mass is 9.96. The predicted molar refractivity (Wildman–Crippen MR) is 92.8 cm³/mol. The lowest BCUT2D eigenvalue weighted by molar-refractivity contribution is -0.125. The number of carbonyl (C=O) groups excluding carboxylic acids is 2. The van der Waals surface area contributed by atoms with E-state index in [9.17, 15) is 9.59 Å². The highest BCUT2D eigenvalue weighted by atomic mass is 16.5. The maximum absolute atomic E-state index is 12.0. The number of hydrogen-bond donors (Lipinski definition) is 2. The van der Waals surface area contributed by atoms with E-state index in [2.05, 4.69) is 34.5 Å². The number of nitrogens with one attached hydrogen (secondary N) is 2. The van der Waals surface area contributed by atoms with E-state index in [0.29, 0.717) is 31.2 Å². The molecule has 7 nitrogen and oxygen atoms in total. The zero-order valence-electron chi connectivity index (χ0n) is 15.1. The van der Waals surface area contributed by atoms with Crippen LogP contribution >= 0.6 is 0 Å². The number of amides is 2. The molecule has 3 heterocycles. The van der Waals surface area contributed by atoms with Crippen LogP contribution in [0.25, 0.3) is 0 Å². The Morgan fingerprint density at radius 2 is 2.16 bits per heavy atom. The van der Waals surface area contributed by atoms with Crippen LogP contribution in [0.1, 0.15) is 56.9 Å². The molecule has 25 heavy (non-hydrogen) atoms. The van der Waals surface area contributed by atoms with Gasteiger partial charge in [-0.2, -0.15) is 0 Å². The van der Waals surface area contributed by atoms with Gasteiger partial charge >= 0.3 is 0 Å². The summed E-state index contributed by atoms with van der Waals surface area (Å²) in [5.74, 6) is 1.73. The van der Waals surface area contributed by atoms with Gasteiger partial charge < -0.3 is 15.2 Å². The number of likely N-dealkylation sites (tertiary alicyclic amines) is 1. The molecule has 7 heteroatoms. The molecule has 0 saturated carbocycles. The first-order chi connectivity index (χ1) is 12.0. The first-order valence-corrected chi connectivity index (χ1v) is 9.26. The Labute approximate surface area is 148 Å². The standard InChI is InChI=1S/C18H28N4O3/c1-12(2)16-9-14(21-25-16)11-22-7-5-13(6-8-22)10-19-18(24)15-3-4-17(23)20-15/h9,12-13,15H,3-8,10-11H2,1-2H3,(H,19,24)(H,20,23). The summed E-state index contributed by atoms with van der Waals surface area (Å²) >= 11 is 0. The minimum Gasteiger partial charge on any atom is -0.361 e. The second-order valence-corrected chi connectivity index (χ2v) is 7.50. The normalized spacial score (nSPS) is 22.4.